The standard InChI is InChI=1S/C10H15N3/c1-2-6-12-10(4-1)13-8-3-5-11-7-9-13/h1-2,4,6,11H,3,5,7-9H2. The topological polar surface area (TPSA) is 28.2 Å². The van der Waals surface area contributed by atoms with Crippen molar-refractivity contribution in [2.75, 3.05) is 31.1 Å². The van der Waals surface area contributed by atoms with Crippen LogP contribution in [0.1, 0.15) is 6.42 Å². The molecule has 0 amide bonds. The molecule has 1 aliphatic rings. The molecule has 1 fully saturated rings. The Hall–Kier alpha value is -1.09. The van der Waals surface area contributed by atoms with Gasteiger partial charge in [-0.3, -0.25) is 0 Å². The predicted molar refractivity (Wildman–Crippen MR) is 53.9 cm³/mol. The number of nitrogens with zero attached hydrogens (tertiary/aromatic N) is 2. The number of rotatable bonds is 1. The summed E-state index contributed by atoms with van der Waals surface area (Å²) in [6.07, 6.45) is 3.06. The average Bonchev–Trinajstić information content (AvgIpc) is 2.47. The van der Waals surface area contributed by atoms with Gasteiger partial charge in [-0.05, 0) is 25.1 Å². The van der Waals surface area contributed by atoms with Gasteiger partial charge in [0.1, 0.15) is 5.82 Å². The quantitative estimate of drug-likeness (QED) is 0.690. The predicted octanol–water partition coefficient (Wildman–Crippen LogP) is 0.881. The lowest BCUT2D eigenvalue weighted by atomic mass is 10.3. The smallest absolute Gasteiger partial charge is 0.128 e. The third-order valence-electron chi connectivity index (χ3n) is 2.31. The van der Waals surface area contributed by atoms with Gasteiger partial charge >= 0.3 is 0 Å². The molecule has 70 valence electrons. The first-order valence-corrected chi connectivity index (χ1v) is 4.83. The molecule has 0 unspecified atom stereocenters. The molecule has 1 aromatic heterocycles. The summed E-state index contributed by atoms with van der Waals surface area (Å²) in [4.78, 5) is 6.68. The Bertz CT molecular complexity index is 240. The first kappa shape index (κ1) is 8.51. The van der Waals surface area contributed by atoms with E-state index in [0.29, 0.717) is 0 Å². The van der Waals surface area contributed by atoms with E-state index in [2.05, 4.69) is 21.3 Å². The highest BCUT2D eigenvalue weighted by Gasteiger charge is 2.08. The fourth-order valence-electron chi connectivity index (χ4n) is 1.62. The Morgan fingerprint density at radius 3 is 3.08 bits per heavy atom. The van der Waals surface area contributed by atoms with Crippen LogP contribution in [-0.4, -0.2) is 31.2 Å². The van der Waals surface area contributed by atoms with Crippen LogP contribution in [0.4, 0.5) is 5.82 Å². The molecule has 1 saturated heterocycles. The molecule has 0 saturated carbocycles. The van der Waals surface area contributed by atoms with Crippen LogP contribution in [0, 0.1) is 0 Å². The first-order valence-electron chi connectivity index (χ1n) is 4.83. The van der Waals surface area contributed by atoms with Crippen LogP contribution in [0.5, 0.6) is 0 Å². The van der Waals surface area contributed by atoms with Crippen molar-refractivity contribution in [1.29, 1.82) is 0 Å². The number of anilines is 1. The van der Waals surface area contributed by atoms with Crippen molar-refractivity contribution in [3.05, 3.63) is 24.4 Å². The van der Waals surface area contributed by atoms with E-state index in [1.165, 1.54) is 6.42 Å². The minimum atomic E-state index is 1.07. The van der Waals surface area contributed by atoms with Crippen LogP contribution in [-0.2, 0) is 0 Å². The molecular weight excluding hydrogens is 162 g/mol. The molecule has 3 nitrogen and oxygen atoms in total. The van der Waals surface area contributed by atoms with Crippen LogP contribution in [0.15, 0.2) is 24.4 Å². The third-order valence-corrected chi connectivity index (χ3v) is 2.31. The Labute approximate surface area is 78.8 Å². The second-order valence-corrected chi connectivity index (χ2v) is 3.28. The lowest BCUT2D eigenvalue weighted by Gasteiger charge is -2.20. The summed E-state index contributed by atoms with van der Waals surface area (Å²) >= 11 is 0. The second-order valence-electron chi connectivity index (χ2n) is 3.28. The van der Waals surface area contributed by atoms with Crippen LogP contribution < -0.4 is 10.2 Å². The molecule has 0 atom stereocenters. The molecule has 1 N–H and O–H groups in total. The zero-order chi connectivity index (χ0) is 8.93. The van der Waals surface area contributed by atoms with Crippen molar-refractivity contribution in [2.24, 2.45) is 0 Å². The summed E-state index contributed by atoms with van der Waals surface area (Å²) in [5, 5.41) is 3.38. The van der Waals surface area contributed by atoms with Crippen LogP contribution in [0.2, 0.25) is 0 Å². The summed E-state index contributed by atoms with van der Waals surface area (Å²) in [5.74, 6) is 1.10. The monoisotopic (exact) mass is 177 g/mol. The van der Waals surface area contributed by atoms with E-state index in [4.69, 9.17) is 0 Å². The van der Waals surface area contributed by atoms with Gasteiger partial charge in [-0.1, -0.05) is 6.07 Å². The van der Waals surface area contributed by atoms with E-state index >= 15 is 0 Å². The lowest BCUT2D eigenvalue weighted by molar-refractivity contribution is 0.724. The Kier molecular flexibility index (Phi) is 2.77. The van der Waals surface area contributed by atoms with Gasteiger partial charge in [-0.25, -0.2) is 4.98 Å². The minimum Gasteiger partial charge on any atom is -0.355 e. The number of hydrogen-bond donors (Lipinski definition) is 1. The molecule has 0 spiro atoms. The van der Waals surface area contributed by atoms with E-state index in [9.17, 15) is 0 Å². The Balaban J connectivity index is 2.06. The summed E-state index contributed by atoms with van der Waals surface area (Å²) in [6, 6.07) is 6.07. The molecule has 13 heavy (non-hydrogen) atoms. The third kappa shape index (κ3) is 2.18. The zero-order valence-corrected chi connectivity index (χ0v) is 7.74. The highest BCUT2D eigenvalue weighted by molar-refractivity contribution is 5.37. The van der Waals surface area contributed by atoms with Crippen molar-refractivity contribution >= 4 is 5.82 Å². The van der Waals surface area contributed by atoms with Crippen molar-refractivity contribution in [3.8, 4) is 0 Å². The average molecular weight is 177 g/mol. The maximum atomic E-state index is 4.34. The van der Waals surface area contributed by atoms with Crippen molar-refractivity contribution < 1.29 is 0 Å². The molecule has 3 heteroatoms. The molecule has 1 aliphatic heterocycles. The second kappa shape index (κ2) is 4.23. The molecule has 2 heterocycles. The fourth-order valence-corrected chi connectivity index (χ4v) is 1.62. The fraction of sp³-hybridized carbons (Fsp3) is 0.500. The van der Waals surface area contributed by atoms with Crippen LogP contribution in [0.25, 0.3) is 0 Å². The van der Waals surface area contributed by atoms with Gasteiger partial charge in [0.25, 0.3) is 0 Å². The van der Waals surface area contributed by atoms with Crippen molar-refractivity contribution in [3.63, 3.8) is 0 Å². The van der Waals surface area contributed by atoms with Gasteiger partial charge in [0, 0.05) is 25.8 Å². The summed E-state index contributed by atoms with van der Waals surface area (Å²) in [7, 11) is 0. The molecule has 1 aromatic rings. The number of nitrogens with one attached hydrogen (secondary N) is 1. The maximum Gasteiger partial charge on any atom is 0.128 e. The van der Waals surface area contributed by atoms with Gasteiger partial charge < -0.3 is 10.2 Å². The van der Waals surface area contributed by atoms with E-state index in [1.807, 2.05) is 18.3 Å². The molecule has 0 aromatic carbocycles. The molecule has 0 radical (unpaired) electrons. The Morgan fingerprint density at radius 1 is 1.23 bits per heavy atom. The normalized spacial score (nSPS) is 18.3. The van der Waals surface area contributed by atoms with Gasteiger partial charge in [0.2, 0.25) is 0 Å². The molecular formula is C10H15N3. The highest BCUT2D eigenvalue weighted by Crippen LogP contribution is 2.09. The van der Waals surface area contributed by atoms with Crippen molar-refractivity contribution in [1.82, 2.24) is 10.3 Å². The minimum absolute atomic E-state index is 1.07. The van der Waals surface area contributed by atoms with E-state index < -0.39 is 0 Å². The summed E-state index contributed by atoms with van der Waals surface area (Å²) in [6.45, 7) is 4.38. The van der Waals surface area contributed by atoms with Crippen LogP contribution in [0.3, 0.4) is 0 Å². The van der Waals surface area contributed by atoms with E-state index in [0.717, 1.165) is 32.0 Å². The maximum absolute atomic E-state index is 4.34. The van der Waals surface area contributed by atoms with Gasteiger partial charge in [0.15, 0.2) is 0 Å². The molecule has 0 bridgehead atoms. The van der Waals surface area contributed by atoms with Crippen LogP contribution >= 0.6 is 0 Å². The van der Waals surface area contributed by atoms with E-state index in [-0.39, 0.29) is 0 Å². The van der Waals surface area contributed by atoms with Gasteiger partial charge in [-0.15, -0.1) is 0 Å². The summed E-state index contributed by atoms with van der Waals surface area (Å²) < 4.78 is 0. The largest absolute Gasteiger partial charge is 0.355 e. The lowest BCUT2D eigenvalue weighted by Crippen LogP contribution is -2.28. The number of pyridine rings is 1. The SMILES string of the molecule is c1ccc(N2CCCNCC2)nc1. The highest BCUT2D eigenvalue weighted by atomic mass is 15.2. The van der Waals surface area contributed by atoms with Gasteiger partial charge in [0.05, 0.1) is 0 Å². The number of aromatic nitrogens is 1. The molecule has 2 rings (SSSR count). The van der Waals surface area contributed by atoms with E-state index in [1.54, 1.807) is 0 Å². The molecule has 0 aliphatic carbocycles. The van der Waals surface area contributed by atoms with Gasteiger partial charge in [-0.2, -0.15) is 0 Å². The first-order chi connectivity index (χ1) is 6.47. The number of hydrogen-bond acceptors (Lipinski definition) is 3. The zero-order valence-electron chi connectivity index (χ0n) is 7.74. The van der Waals surface area contributed by atoms with Crippen molar-refractivity contribution in [2.45, 2.75) is 6.42 Å². The Morgan fingerprint density at radius 2 is 2.23 bits per heavy atom. The summed E-state index contributed by atoms with van der Waals surface area (Å²) in [5.41, 5.74) is 0.